The first-order valence-corrected chi connectivity index (χ1v) is 10.2. The van der Waals surface area contributed by atoms with E-state index >= 15 is 0 Å². The molecule has 2 aromatic rings. The van der Waals surface area contributed by atoms with E-state index in [1.165, 1.54) is 4.90 Å². The molecule has 0 radical (unpaired) electrons. The Morgan fingerprint density at radius 2 is 1.83 bits per heavy atom. The minimum Gasteiger partial charge on any atom is -0.444 e. The molecule has 1 aromatic heterocycles. The van der Waals surface area contributed by atoms with E-state index in [0.717, 1.165) is 18.4 Å². The summed E-state index contributed by atoms with van der Waals surface area (Å²) in [4.78, 5) is 27.7. The molecule has 1 saturated heterocycles. The molecule has 0 unspecified atom stereocenters. The highest BCUT2D eigenvalue weighted by atomic mass is 16.6. The minimum absolute atomic E-state index is 0.172. The first-order valence-electron chi connectivity index (χ1n) is 10.2. The van der Waals surface area contributed by atoms with E-state index in [1.807, 2.05) is 62.0 Å². The summed E-state index contributed by atoms with van der Waals surface area (Å²) < 4.78 is 12.7. The van der Waals surface area contributed by atoms with E-state index in [0.29, 0.717) is 18.8 Å². The van der Waals surface area contributed by atoms with Crippen LogP contribution in [0.2, 0.25) is 0 Å². The molecule has 2 heterocycles. The molecule has 3 rings (SSSR count). The molecular formula is C22H30N4O4. The quantitative estimate of drug-likeness (QED) is 0.748. The van der Waals surface area contributed by atoms with Crippen LogP contribution in [0.1, 0.15) is 45.2 Å². The number of ether oxygens (including phenoxy) is 2. The number of likely N-dealkylation sites (tertiary alicyclic amines) is 1. The number of rotatable bonds is 4. The Labute approximate surface area is 177 Å². The fourth-order valence-corrected chi connectivity index (χ4v) is 3.26. The Balaban J connectivity index is 1.51. The molecule has 0 atom stereocenters. The molecule has 30 heavy (non-hydrogen) atoms. The summed E-state index contributed by atoms with van der Waals surface area (Å²) in [6.07, 6.45) is 4.35. The van der Waals surface area contributed by atoms with Crippen molar-refractivity contribution in [2.24, 2.45) is 0 Å². The van der Waals surface area contributed by atoms with Crippen LogP contribution in [0.15, 0.2) is 42.7 Å². The van der Waals surface area contributed by atoms with Crippen molar-refractivity contribution in [3.05, 3.63) is 48.3 Å². The third-order valence-corrected chi connectivity index (χ3v) is 4.94. The number of hydrogen-bond donors (Lipinski definition) is 0. The maximum atomic E-state index is 12.3. The molecule has 1 fully saturated rings. The van der Waals surface area contributed by atoms with Crippen molar-refractivity contribution in [1.29, 1.82) is 0 Å². The van der Waals surface area contributed by atoms with Crippen molar-refractivity contribution >= 4 is 17.9 Å². The Hall–Kier alpha value is -3.03. The predicted octanol–water partition coefficient (Wildman–Crippen LogP) is 4.23. The van der Waals surface area contributed by atoms with Crippen molar-refractivity contribution in [2.75, 3.05) is 25.0 Å². The summed E-state index contributed by atoms with van der Waals surface area (Å²) in [7, 11) is 1.67. The summed E-state index contributed by atoms with van der Waals surface area (Å²) in [5.74, 6) is 0. The lowest BCUT2D eigenvalue weighted by Crippen LogP contribution is -2.42. The van der Waals surface area contributed by atoms with Gasteiger partial charge in [0, 0.05) is 26.3 Å². The van der Waals surface area contributed by atoms with Crippen LogP contribution in [-0.2, 0) is 16.1 Å². The summed E-state index contributed by atoms with van der Waals surface area (Å²) in [5, 5.41) is 4.42. The van der Waals surface area contributed by atoms with Crippen LogP contribution < -0.4 is 4.90 Å². The molecule has 8 nitrogen and oxygen atoms in total. The van der Waals surface area contributed by atoms with Gasteiger partial charge in [0.05, 0.1) is 17.9 Å². The second-order valence-electron chi connectivity index (χ2n) is 8.48. The number of nitrogens with zero attached hydrogens (tertiary/aromatic N) is 4. The van der Waals surface area contributed by atoms with Crippen LogP contribution in [-0.4, -0.2) is 52.6 Å². The van der Waals surface area contributed by atoms with Gasteiger partial charge in [0.1, 0.15) is 12.2 Å². The van der Waals surface area contributed by atoms with Gasteiger partial charge in [-0.25, -0.2) is 9.59 Å². The first-order chi connectivity index (χ1) is 14.2. The van der Waals surface area contributed by atoms with Gasteiger partial charge >= 0.3 is 12.2 Å². The van der Waals surface area contributed by atoms with Crippen LogP contribution in [0.5, 0.6) is 0 Å². The molecular weight excluding hydrogens is 384 g/mol. The van der Waals surface area contributed by atoms with Gasteiger partial charge in [-0.15, -0.1) is 0 Å². The highest BCUT2D eigenvalue weighted by Gasteiger charge is 2.28. The highest BCUT2D eigenvalue weighted by molar-refractivity contribution is 5.86. The van der Waals surface area contributed by atoms with Crippen molar-refractivity contribution < 1.29 is 19.1 Å². The third-order valence-electron chi connectivity index (χ3n) is 4.94. The summed E-state index contributed by atoms with van der Waals surface area (Å²) >= 11 is 0. The van der Waals surface area contributed by atoms with Gasteiger partial charge in [0.2, 0.25) is 0 Å². The zero-order chi connectivity index (χ0) is 21.7. The number of carbonyl (C=O) groups is 2. The standard InChI is InChI=1S/C22H30N4O4/c1-22(2,3)30-21(28)25-12-10-18(11-13-25)26-15-19(14-23-26)24(4)20(27)29-16-17-8-6-5-7-9-17/h5-9,14-15,18H,10-13,16H2,1-4H3. The lowest BCUT2D eigenvalue weighted by molar-refractivity contribution is 0.0184. The van der Waals surface area contributed by atoms with E-state index in [1.54, 1.807) is 18.1 Å². The van der Waals surface area contributed by atoms with Gasteiger partial charge in [-0.3, -0.25) is 9.58 Å². The number of aromatic nitrogens is 2. The molecule has 2 amide bonds. The molecule has 8 heteroatoms. The maximum Gasteiger partial charge on any atom is 0.414 e. The Morgan fingerprint density at radius 1 is 1.17 bits per heavy atom. The fourth-order valence-electron chi connectivity index (χ4n) is 3.26. The topological polar surface area (TPSA) is 76.9 Å². The molecule has 1 aliphatic heterocycles. The molecule has 1 aromatic carbocycles. The molecule has 0 saturated carbocycles. The number of hydrogen-bond acceptors (Lipinski definition) is 5. The van der Waals surface area contributed by atoms with Gasteiger partial charge < -0.3 is 14.4 Å². The van der Waals surface area contributed by atoms with Crippen LogP contribution in [0.25, 0.3) is 0 Å². The van der Waals surface area contributed by atoms with E-state index < -0.39 is 11.7 Å². The van der Waals surface area contributed by atoms with Gasteiger partial charge in [-0.2, -0.15) is 5.10 Å². The van der Waals surface area contributed by atoms with Crippen LogP contribution in [0.3, 0.4) is 0 Å². The lowest BCUT2D eigenvalue weighted by Gasteiger charge is -2.33. The third kappa shape index (κ3) is 5.75. The molecule has 0 aliphatic carbocycles. The van der Waals surface area contributed by atoms with Gasteiger partial charge in [-0.1, -0.05) is 30.3 Å². The van der Waals surface area contributed by atoms with Crippen molar-refractivity contribution in [2.45, 2.75) is 51.9 Å². The monoisotopic (exact) mass is 414 g/mol. The average molecular weight is 415 g/mol. The number of anilines is 1. The largest absolute Gasteiger partial charge is 0.444 e. The lowest BCUT2D eigenvalue weighted by atomic mass is 10.1. The zero-order valence-electron chi connectivity index (χ0n) is 18.1. The second-order valence-corrected chi connectivity index (χ2v) is 8.48. The van der Waals surface area contributed by atoms with Crippen LogP contribution >= 0.6 is 0 Å². The Kier molecular flexibility index (Phi) is 6.64. The normalized spacial score (nSPS) is 15.0. The SMILES string of the molecule is CN(C(=O)OCc1ccccc1)c1cnn(C2CCN(C(=O)OC(C)(C)C)CC2)c1. The number of amides is 2. The van der Waals surface area contributed by atoms with Gasteiger partial charge in [-0.05, 0) is 39.2 Å². The number of carbonyl (C=O) groups excluding carboxylic acids is 2. The molecule has 0 spiro atoms. The van der Waals surface area contributed by atoms with E-state index in [-0.39, 0.29) is 18.7 Å². The molecule has 0 N–H and O–H groups in total. The zero-order valence-corrected chi connectivity index (χ0v) is 18.1. The van der Waals surface area contributed by atoms with E-state index in [2.05, 4.69) is 5.10 Å². The van der Waals surface area contributed by atoms with Crippen molar-refractivity contribution in [1.82, 2.24) is 14.7 Å². The molecule has 162 valence electrons. The molecule has 1 aliphatic rings. The average Bonchev–Trinajstić information content (AvgIpc) is 3.21. The van der Waals surface area contributed by atoms with Crippen molar-refractivity contribution in [3.63, 3.8) is 0 Å². The van der Waals surface area contributed by atoms with E-state index in [9.17, 15) is 9.59 Å². The van der Waals surface area contributed by atoms with Gasteiger partial charge in [0.15, 0.2) is 0 Å². The maximum absolute atomic E-state index is 12.3. The Bertz CT molecular complexity index is 852. The number of benzene rings is 1. The van der Waals surface area contributed by atoms with Crippen molar-refractivity contribution in [3.8, 4) is 0 Å². The predicted molar refractivity (Wildman–Crippen MR) is 113 cm³/mol. The first kappa shape index (κ1) is 21.7. The smallest absolute Gasteiger partial charge is 0.414 e. The highest BCUT2D eigenvalue weighted by Crippen LogP contribution is 2.25. The summed E-state index contributed by atoms with van der Waals surface area (Å²) in [5.41, 5.74) is 1.11. The summed E-state index contributed by atoms with van der Waals surface area (Å²) in [6, 6.07) is 9.73. The van der Waals surface area contributed by atoms with Gasteiger partial charge in [0.25, 0.3) is 0 Å². The Morgan fingerprint density at radius 3 is 2.47 bits per heavy atom. The minimum atomic E-state index is -0.496. The van der Waals surface area contributed by atoms with Crippen LogP contribution in [0, 0.1) is 0 Å². The fraction of sp³-hybridized carbons (Fsp3) is 0.500. The summed E-state index contributed by atoms with van der Waals surface area (Å²) in [6.45, 7) is 7.05. The molecule has 0 bridgehead atoms. The number of piperidine rings is 1. The van der Waals surface area contributed by atoms with E-state index in [4.69, 9.17) is 9.47 Å². The van der Waals surface area contributed by atoms with Crippen LogP contribution in [0.4, 0.5) is 15.3 Å². The second kappa shape index (κ2) is 9.19.